The molecule has 4 fully saturated rings. The maximum absolute atomic E-state index is 11.2. The lowest BCUT2D eigenvalue weighted by atomic mass is 9.44. The number of hydrogen-bond acceptors (Lipinski definition) is 1. The first-order valence-electron chi connectivity index (χ1n) is 9.80. The van der Waals surface area contributed by atoms with Crippen LogP contribution in [-0.4, -0.2) is 10.7 Å². The smallest absolute Gasteiger partial charge is 0.132 e. The van der Waals surface area contributed by atoms with Gasteiger partial charge in [-0.1, -0.05) is 32.6 Å². The first-order chi connectivity index (χ1) is 10.9. The van der Waals surface area contributed by atoms with Crippen molar-refractivity contribution in [2.75, 3.05) is 0 Å². The van der Waals surface area contributed by atoms with Crippen molar-refractivity contribution in [2.24, 2.45) is 34.5 Å². The van der Waals surface area contributed by atoms with Gasteiger partial charge in [0.15, 0.2) is 0 Å². The molecule has 0 aliphatic heterocycles. The van der Waals surface area contributed by atoms with Gasteiger partial charge in [-0.2, -0.15) is 0 Å². The molecule has 0 aromatic rings. The van der Waals surface area contributed by atoms with Gasteiger partial charge < -0.3 is 5.11 Å². The average molecular weight is 335 g/mol. The van der Waals surface area contributed by atoms with Crippen LogP contribution in [0.5, 0.6) is 0 Å². The summed E-state index contributed by atoms with van der Waals surface area (Å²) < 4.78 is 0. The molecule has 0 amide bonds. The molecule has 0 bridgehead atoms. The maximum atomic E-state index is 11.2. The predicted octanol–water partition coefficient (Wildman–Crippen LogP) is 5.35. The highest BCUT2D eigenvalue weighted by Gasteiger charge is 2.64. The summed E-state index contributed by atoms with van der Waals surface area (Å²) in [6, 6.07) is 0. The van der Waals surface area contributed by atoms with E-state index in [1.54, 1.807) is 0 Å². The zero-order valence-electron chi connectivity index (χ0n) is 14.7. The standard InChI is InChI=1S/C21H31ClO/c1-19-10-4-3-5-15(19)6-7-16-17(19)8-11-20(2)18(16)9-12-21(20,23)13-14-22/h15-18,23H,3-12H2,1-2H3/t15-,16+,17-,18+,19-,20+,21+/m0/s1. The topological polar surface area (TPSA) is 20.2 Å². The molecule has 1 N–H and O–H groups in total. The minimum Gasteiger partial charge on any atom is -0.377 e. The second-order valence-electron chi connectivity index (χ2n) is 9.48. The van der Waals surface area contributed by atoms with Crippen molar-refractivity contribution in [3.8, 4) is 11.3 Å². The largest absolute Gasteiger partial charge is 0.377 e. The average Bonchev–Trinajstić information content (AvgIpc) is 2.79. The third kappa shape index (κ3) is 2.10. The summed E-state index contributed by atoms with van der Waals surface area (Å²) in [6.07, 6.45) is 13.0. The van der Waals surface area contributed by atoms with E-state index in [9.17, 15) is 5.11 Å². The first-order valence-corrected chi connectivity index (χ1v) is 10.2. The molecule has 0 heterocycles. The Labute approximate surface area is 146 Å². The monoisotopic (exact) mass is 334 g/mol. The fourth-order valence-corrected chi connectivity index (χ4v) is 7.75. The van der Waals surface area contributed by atoms with Crippen molar-refractivity contribution < 1.29 is 5.11 Å². The quantitative estimate of drug-likeness (QED) is 0.592. The number of aliphatic hydroxyl groups is 1. The van der Waals surface area contributed by atoms with E-state index in [1.807, 2.05) is 0 Å². The summed E-state index contributed by atoms with van der Waals surface area (Å²) in [5.74, 6) is 6.28. The molecule has 4 aliphatic rings. The maximum Gasteiger partial charge on any atom is 0.132 e. The molecule has 1 nitrogen and oxygen atoms in total. The first kappa shape index (κ1) is 16.3. The molecule has 4 aliphatic carbocycles. The third-order valence-electron chi connectivity index (χ3n) is 8.99. The van der Waals surface area contributed by atoms with Gasteiger partial charge in [0.2, 0.25) is 0 Å². The minimum absolute atomic E-state index is 0.0477. The summed E-state index contributed by atoms with van der Waals surface area (Å²) in [5.41, 5.74) is -0.329. The Morgan fingerprint density at radius 2 is 1.70 bits per heavy atom. The molecule has 7 atom stereocenters. The van der Waals surface area contributed by atoms with Crippen molar-refractivity contribution >= 4 is 11.6 Å². The van der Waals surface area contributed by atoms with Crippen molar-refractivity contribution in [3.05, 3.63) is 0 Å². The third-order valence-corrected chi connectivity index (χ3v) is 9.08. The highest BCUT2D eigenvalue weighted by Crippen LogP contribution is 2.68. The molecule has 0 saturated heterocycles. The zero-order chi connectivity index (χ0) is 16.3. The van der Waals surface area contributed by atoms with Crippen LogP contribution in [0.15, 0.2) is 0 Å². The molecular weight excluding hydrogens is 304 g/mol. The van der Waals surface area contributed by atoms with E-state index < -0.39 is 5.60 Å². The van der Waals surface area contributed by atoms with Gasteiger partial charge in [-0.3, -0.25) is 0 Å². The van der Waals surface area contributed by atoms with Crippen LogP contribution in [0.25, 0.3) is 0 Å². The Morgan fingerprint density at radius 3 is 2.48 bits per heavy atom. The normalized spacial score (nSPS) is 55.1. The summed E-state index contributed by atoms with van der Waals surface area (Å²) in [4.78, 5) is 0. The van der Waals surface area contributed by atoms with Crippen molar-refractivity contribution in [1.82, 2.24) is 0 Å². The molecule has 23 heavy (non-hydrogen) atoms. The van der Waals surface area contributed by atoms with E-state index in [0.29, 0.717) is 11.3 Å². The summed E-state index contributed by atoms with van der Waals surface area (Å²) in [6.45, 7) is 4.91. The summed E-state index contributed by atoms with van der Waals surface area (Å²) in [7, 11) is 0. The molecule has 0 aromatic heterocycles. The number of hydrogen-bond donors (Lipinski definition) is 1. The van der Waals surface area contributed by atoms with Crippen LogP contribution in [0, 0.1) is 45.8 Å². The minimum atomic E-state index is -0.852. The Morgan fingerprint density at radius 1 is 0.913 bits per heavy atom. The molecule has 128 valence electrons. The van der Waals surface area contributed by atoms with E-state index in [4.69, 9.17) is 11.6 Å². The van der Waals surface area contributed by atoms with Gasteiger partial charge in [-0.05, 0) is 92.1 Å². The Kier molecular flexibility index (Phi) is 3.83. The van der Waals surface area contributed by atoms with Gasteiger partial charge in [0.25, 0.3) is 0 Å². The Balaban J connectivity index is 1.66. The highest BCUT2D eigenvalue weighted by molar-refractivity contribution is 6.30. The molecule has 4 saturated carbocycles. The molecule has 0 unspecified atom stereocenters. The second kappa shape index (κ2) is 5.40. The van der Waals surface area contributed by atoms with E-state index in [0.717, 1.165) is 37.0 Å². The lowest BCUT2D eigenvalue weighted by molar-refractivity contribution is -0.134. The van der Waals surface area contributed by atoms with E-state index >= 15 is 0 Å². The van der Waals surface area contributed by atoms with Crippen molar-refractivity contribution in [2.45, 2.75) is 83.7 Å². The number of rotatable bonds is 0. The van der Waals surface area contributed by atoms with Crippen LogP contribution in [0.2, 0.25) is 0 Å². The van der Waals surface area contributed by atoms with E-state index in [-0.39, 0.29) is 5.41 Å². The summed E-state index contributed by atoms with van der Waals surface area (Å²) in [5, 5.41) is 13.7. The predicted molar refractivity (Wildman–Crippen MR) is 94.9 cm³/mol. The van der Waals surface area contributed by atoms with Gasteiger partial charge in [-0.15, -0.1) is 0 Å². The van der Waals surface area contributed by atoms with Crippen LogP contribution >= 0.6 is 11.6 Å². The molecule has 0 spiro atoms. The molecule has 2 heteroatoms. The SMILES string of the molecule is C[C@]12CCCC[C@H]1CC[C@H]1[C@H]3CC[C@@](O)(C#CCl)[C@]3(C)CC[C@@H]12. The van der Waals surface area contributed by atoms with E-state index in [2.05, 4.69) is 25.1 Å². The van der Waals surface area contributed by atoms with Gasteiger partial charge in [0, 0.05) is 10.8 Å². The van der Waals surface area contributed by atoms with Crippen molar-refractivity contribution in [1.29, 1.82) is 0 Å². The lowest BCUT2D eigenvalue weighted by Crippen LogP contribution is -2.55. The number of fused-ring (bicyclic) bond motifs is 5. The zero-order valence-corrected chi connectivity index (χ0v) is 15.5. The fourth-order valence-electron chi connectivity index (χ4n) is 7.59. The van der Waals surface area contributed by atoms with E-state index in [1.165, 1.54) is 44.9 Å². The fraction of sp³-hybridized carbons (Fsp3) is 0.905. The number of halogens is 1. The molecule has 0 aromatic carbocycles. The Bertz CT molecular complexity index is 548. The van der Waals surface area contributed by atoms with Gasteiger partial charge in [-0.25, -0.2) is 0 Å². The highest BCUT2D eigenvalue weighted by atomic mass is 35.5. The lowest BCUT2D eigenvalue weighted by Gasteiger charge is -2.60. The molecule has 4 rings (SSSR count). The van der Waals surface area contributed by atoms with Crippen molar-refractivity contribution in [3.63, 3.8) is 0 Å². The molecule has 0 radical (unpaired) electrons. The van der Waals surface area contributed by atoms with Crippen LogP contribution < -0.4 is 0 Å². The van der Waals surface area contributed by atoms with Gasteiger partial charge in [0.05, 0.1) is 0 Å². The van der Waals surface area contributed by atoms with Crippen LogP contribution in [0.1, 0.15) is 78.1 Å². The summed E-state index contributed by atoms with van der Waals surface area (Å²) >= 11 is 5.69. The molecular formula is C21H31ClO. The van der Waals surface area contributed by atoms with Gasteiger partial charge >= 0.3 is 0 Å². The second-order valence-corrected chi connectivity index (χ2v) is 9.67. The van der Waals surface area contributed by atoms with Crippen LogP contribution in [-0.2, 0) is 0 Å². The van der Waals surface area contributed by atoms with Crippen LogP contribution in [0.3, 0.4) is 0 Å². The van der Waals surface area contributed by atoms with Gasteiger partial charge in [0.1, 0.15) is 5.60 Å². The van der Waals surface area contributed by atoms with Crippen LogP contribution in [0.4, 0.5) is 0 Å². The Hall–Kier alpha value is -0.190.